The van der Waals surface area contributed by atoms with Crippen molar-refractivity contribution in [2.24, 2.45) is 0 Å². The number of nitrogens with zero attached hydrogens (tertiary/aromatic N) is 1. The molecule has 6 radical (unpaired) electrons. The third-order valence-corrected chi connectivity index (χ3v) is 4.01. The molecular formula is C14H15B3N2O. The van der Waals surface area contributed by atoms with E-state index in [2.05, 4.69) is 11.1 Å². The fraction of sp³-hybridized carbons (Fsp3) is 0.429. The summed E-state index contributed by atoms with van der Waals surface area (Å²) in [6.45, 7) is 1.51. The molecule has 2 aromatic rings. The second-order valence-electron chi connectivity index (χ2n) is 5.37. The van der Waals surface area contributed by atoms with Gasteiger partial charge >= 0.3 is 0 Å². The van der Waals surface area contributed by atoms with E-state index in [0.717, 1.165) is 37.2 Å². The molecule has 3 nitrogen and oxygen atoms in total. The van der Waals surface area contributed by atoms with Gasteiger partial charge in [0, 0.05) is 42.2 Å². The van der Waals surface area contributed by atoms with Crippen LogP contribution in [0.25, 0.3) is 10.9 Å². The Balaban J connectivity index is 1.95. The first kappa shape index (κ1) is 13.7. The monoisotopic (exact) mass is 260 g/mol. The molecule has 0 saturated heterocycles. The molecule has 0 amide bonds. The van der Waals surface area contributed by atoms with Gasteiger partial charge in [-0.2, -0.15) is 0 Å². The van der Waals surface area contributed by atoms with Crippen molar-refractivity contribution >= 4 is 34.4 Å². The number of rotatable bonds is 2. The van der Waals surface area contributed by atoms with E-state index in [9.17, 15) is 0 Å². The van der Waals surface area contributed by atoms with Gasteiger partial charge in [0.2, 0.25) is 0 Å². The molecule has 1 N–H and O–H groups in total. The van der Waals surface area contributed by atoms with Crippen molar-refractivity contribution < 1.29 is 4.74 Å². The lowest BCUT2D eigenvalue weighted by molar-refractivity contribution is 0.287. The summed E-state index contributed by atoms with van der Waals surface area (Å²) < 4.78 is 5.26. The molecule has 0 spiro atoms. The van der Waals surface area contributed by atoms with Gasteiger partial charge in [-0.1, -0.05) is 5.24 Å². The summed E-state index contributed by atoms with van der Waals surface area (Å²) in [6, 6.07) is 6.11. The van der Waals surface area contributed by atoms with Gasteiger partial charge in [0.25, 0.3) is 0 Å². The fourth-order valence-electron chi connectivity index (χ4n) is 2.91. The van der Waals surface area contributed by atoms with E-state index < -0.39 is 5.24 Å². The normalized spacial score (nSPS) is 16.9. The number of benzene rings is 1. The zero-order chi connectivity index (χ0) is 14.3. The Labute approximate surface area is 123 Å². The first-order valence-corrected chi connectivity index (χ1v) is 6.78. The Bertz CT molecular complexity index is 633. The number of H-pyrrole nitrogens is 1. The molecule has 20 heavy (non-hydrogen) atoms. The number of aromatic amines is 1. The van der Waals surface area contributed by atoms with Gasteiger partial charge in [0.05, 0.1) is 30.6 Å². The molecule has 0 fully saturated rings. The Kier molecular flexibility index (Phi) is 3.37. The maximum absolute atomic E-state index is 5.79. The molecule has 0 aliphatic carbocycles. The van der Waals surface area contributed by atoms with Gasteiger partial charge in [0.1, 0.15) is 5.75 Å². The summed E-state index contributed by atoms with van der Waals surface area (Å²) in [5.74, 6) is 0.862. The molecule has 6 heteroatoms. The number of methoxy groups -OCH3 is 1. The van der Waals surface area contributed by atoms with E-state index in [4.69, 9.17) is 28.3 Å². The van der Waals surface area contributed by atoms with E-state index in [1.807, 2.05) is 17.0 Å². The maximum Gasteiger partial charge on any atom is 0.120 e. The summed E-state index contributed by atoms with van der Waals surface area (Å²) in [6.07, 6.45) is 1.74. The van der Waals surface area contributed by atoms with Crippen molar-refractivity contribution in [3.63, 3.8) is 0 Å². The van der Waals surface area contributed by atoms with Gasteiger partial charge in [-0.05, 0) is 24.1 Å². The van der Waals surface area contributed by atoms with Crippen molar-refractivity contribution in [3.05, 3.63) is 29.5 Å². The van der Waals surface area contributed by atoms with Crippen LogP contribution in [0.5, 0.6) is 5.75 Å². The average Bonchev–Trinajstić information content (AvgIpc) is 2.59. The van der Waals surface area contributed by atoms with E-state index in [-0.39, 0.29) is 0 Å². The van der Waals surface area contributed by atoms with Crippen LogP contribution in [0.3, 0.4) is 0 Å². The van der Waals surface area contributed by atoms with Crippen molar-refractivity contribution in [2.75, 3.05) is 20.2 Å². The second kappa shape index (κ2) is 4.92. The predicted octanol–water partition coefficient (Wildman–Crippen LogP) is 0.694. The van der Waals surface area contributed by atoms with Crippen LogP contribution in [0.4, 0.5) is 0 Å². The summed E-state index contributed by atoms with van der Waals surface area (Å²) in [5, 5.41) is -0.0120. The third kappa shape index (κ3) is 2.37. The highest BCUT2D eigenvalue weighted by molar-refractivity contribution is 6.59. The van der Waals surface area contributed by atoms with Crippen LogP contribution in [0.15, 0.2) is 18.2 Å². The lowest BCUT2D eigenvalue weighted by atomic mass is 9.48. The van der Waals surface area contributed by atoms with Gasteiger partial charge < -0.3 is 14.6 Å². The zero-order valence-corrected chi connectivity index (χ0v) is 11.6. The molecule has 3 rings (SSSR count). The van der Waals surface area contributed by atoms with Crippen LogP contribution in [0.1, 0.15) is 11.3 Å². The van der Waals surface area contributed by atoms with Crippen LogP contribution in [-0.2, 0) is 12.8 Å². The molecule has 1 aliphatic rings. The molecule has 96 valence electrons. The van der Waals surface area contributed by atoms with Crippen LogP contribution >= 0.6 is 0 Å². The summed E-state index contributed by atoms with van der Waals surface area (Å²) >= 11 is 0. The number of hydrogen-bond acceptors (Lipinski definition) is 2. The molecular weight excluding hydrogens is 245 g/mol. The Morgan fingerprint density at radius 1 is 1.20 bits per heavy atom. The quantitative estimate of drug-likeness (QED) is 0.804. The van der Waals surface area contributed by atoms with E-state index in [1.54, 1.807) is 7.11 Å². The zero-order valence-electron chi connectivity index (χ0n) is 11.6. The lowest BCUT2D eigenvalue weighted by Crippen LogP contribution is -2.51. The van der Waals surface area contributed by atoms with E-state index in [0.29, 0.717) is 0 Å². The standard InChI is InChI=1S/C14H15B3N2O/c1-20-9-2-3-10-11-4-6-19(14(15,16)17)7-5-12(11)18-13(10)8-9/h2-3,8,18H,4-7H2,1H3. The summed E-state index contributed by atoms with van der Waals surface area (Å²) in [4.78, 5) is 5.39. The molecule has 0 unspecified atom stereocenters. The second-order valence-corrected chi connectivity index (χ2v) is 5.37. The Morgan fingerprint density at radius 2 is 1.95 bits per heavy atom. The van der Waals surface area contributed by atoms with Crippen LogP contribution in [0.2, 0.25) is 0 Å². The van der Waals surface area contributed by atoms with Crippen LogP contribution in [-0.4, -0.2) is 58.9 Å². The Morgan fingerprint density at radius 3 is 2.65 bits per heavy atom. The van der Waals surface area contributed by atoms with Crippen molar-refractivity contribution in [1.82, 2.24) is 9.88 Å². The number of ether oxygens (including phenoxy) is 1. The Hall–Kier alpha value is -1.29. The molecule has 1 aromatic heterocycles. The molecule has 0 bridgehead atoms. The van der Waals surface area contributed by atoms with Crippen molar-refractivity contribution in [2.45, 2.75) is 18.1 Å². The summed E-state index contributed by atoms with van der Waals surface area (Å²) in [7, 11) is 19.0. The van der Waals surface area contributed by atoms with Gasteiger partial charge in [-0.25, -0.2) is 0 Å². The highest BCUT2D eigenvalue weighted by Crippen LogP contribution is 2.29. The number of hydrogen-bond donors (Lipinski definition) is 1. The van der Waals surface area contributed by atoms with Crippen molar-refractivity contribution in [1.29, 1.82) is 0 Å². The van der Waals surface area contributed by atoms with E-state index in [1.165, 1.54) is 16.6 Å². The van der Waals surface area contributed by atoms with Gasteiger partial charge in [-0.15, -0.1) is 0 Å². The smallest absolute Gasteiger partial charge is 0.120 e. The minimum Gasteiger partial charge on any atom is -0.497 e. The molecule has 1 aliphatic heterocycles. The first-order valence-electron chi connectivity index (χ1n) is 6.78. The van der Waals surface area contributed by atoms with Gasteiger partial charge in [-0.3, -0.25) is 0 Å². The number of aromatic nitrogens is 1. The molecule has 0 atom stereocenters. The highest BCUT2D eigenvalue weighted by atomic mass is 16.5. The first-order chi connectivity index (χ1) is 9.49. The molecule has 2 heterocycles. The number of fused-ring (bicyclic) bond motifs is 3. The minimum atomic E-state index is -1.25. The van der Waals surface area contributed by atoms with E-state index >= 15 is 0 Å². The van der Waals surface area contributed by atoms with Crippen molar-refractivity contribution in [3.8, 4) is 5.75 Å². The maximum atomic E-state index is 5.79. The average molecular weight is 260 g/mol. The minimum absolute atomic E-state index is 0.750. The SMILES string of the molecule is [B]C([B])([B])N1CCc2[nH]c3cc(OC)ccc3c2CC1. The lowest BCUT2D eigenvalue weighted by Gasteiger charge is -2.36. The molecule has 1 aromatic carbocycles. The van der Waals surface area contributed by atoms with Crippen LogP contribution < -0.4 is 4.74 Å². The summed E-state index contributed by atoms with van der Waals surface area (Å²) in [5.41, 5.74) is 3.68. The fourth-order valence-corrected chi connectivity index (χ4v) is 2.91. The molecule has 0 saturated carbocycles. The predicted molar refractivity (Wildman–Crippen MR) is 83.8 cm³/mol. The topological polar surface area (TPSA) is 28.3 Å². The highest BCUT2D eigenvalue weighted by Gasteiger charge is 2.24. The largest absolute Gasteiger partial charge is 0.497 e. The van der Waals surface area contributed by atoms with Crippen LogP contribution in [0, 0.1) is 0 Å². The van der Waals surface area contributed by atoms with Gasteiger partial charge in [0.15, 0.2) is 0 Å². The third-order valence-electron chi connectivity index (χ3n) is 4.01. The number of nitrogens with one attached hydrogen (secondary N) is 1.